The molecule has 1 aliphatic rings. The number of aromatic nitrogens is 1. The van der Waals surface area contributed by atoms with Crippen LogP contribution in [-0.4, -0.2) is 22.7 Å². The first-order valence-electron chi connectivity index (χ1n) is 5.41. The number of nitrogens with two attached hydrogens (primary N) is 1. The zero-order valence-electron chi connectivity index (χ0n) is 8.98. The number of carbonyl (C=O) groups is 1. The Morgan fingerprint density at radius 2 is 2.31 bits per heavy atom. The predicted molar refractivity (Wildman–Crippen MR) is 65.2 cm³/mol. The van der Waals surface area contributed by atoms with Crippen molar-refractivity contribution in [3.05, 3.63) is 18.3 Å². The standard InChI is InChI=1S/C11H15N3OS/c12-10-5-4-8(7-14-10)16-9-3-1-2-6-13-11(9)15/h4-5,7,9H,1-3,6H2,(H2,12,14)(H,13,15). The minimum Gasteiger partial charge on any atom is -0.384 e. The van der Waals surface area contributed by atoms with Gasteiger partial charge in [-0.2, -0.15) is 0 Å². The summed E-state index contributed by atoms with van der Waals surface area (Å²) in [5, 5.41) is 2.93. The van der Waals surface area contributed by atoms with Crippen LogP contribution in [0, 0.1) is 0 Å². The summed E-state index contributed by atoms with van der Waals surface area (Å²) in [6.45, 7) is 0.801. The first kappa shape index (κ1) is 11.3. The molecule has 1 saturated heterocycles. The van der Waals surface area contributed by atoms with Crippen LogP contribution in [0.1, 0.15) is 19.3 Å². The molecule has 0 spiro atoms. The van der Waals surface area contributed by atoms with E-state index in [0.717, 1.165) is 30.7 Å². The molecule has 0 aromatic carbocycles. The number of nitrogen functional groups attached to an aromatic ring is 1. The monoisotopic (exact) mass is 237 g/mol. The van der Waals surface area contributed by atoms with Gasteiger partial charge in [0, 0.05) is 17.6 Å². The van der Waals surface area contributed by atoms with Gasteiger partial charge in [0.2, 0.25) is 5.91 Å². The van der Waals surface area contributed by atoms with Crippen LogP contribution in [0.15, 0.2) is 23.2 Å². The van der Waals surface area contributed by atoms with Gasteiger partial charge in [-0.25, -0.2) is 4.98 Å². The van der Waals surface area contributed by atoms with Crippen molar-refractivity contribution in [2.24, 2.45) is 0 Å². The van der Waals surface area contributed by atoms with Crippen LogP contribution >= 0.6 is 11.8 Å². The van der Waals surface area contributed by atoms with Gasteiger partial charge < -0.3 is 11.1 Å². The molecular weight excluding hydrogens is 222 g/mol. The van der Waals surface area contributed by atoms with E-state index in [1.54, 1.807) is 24.0 Å². The van der Waals surface area contributed by atoms with Gasteiger partial charge in [-0.05, 0) is 25.0 Å². The molecule has 86 valence electrons. The van der Waals surface area contributed by atoms with E-state index in [2.05, 4.69) is 10.3 Å². The highest BCUT2D eigenvalue weighted by atomic mass is 32.2. The maximum atomic E-state index is 11.7. The fourth-order valence-electron chi connectivity index (χ4n) is 1.65. The van der Waals surface area contributed by atoms with E-state index < -0.39 is 0 Å². The first-order chi connectivity index (χ1) is 7.75. The maximum Gasteiger partial charge on any atom is 0.233 e. The van der Waals surface area contributed by atoms with Crippen molar-refractivity contribution in [2.45, 2.75) is 29.4 Å². The smallest absolute Gasteiger partial charge is 0.233 e. The average molecular weight is 237 g/mol. The first-order valence-corrected chi connectivity index (χ1v) is 6.29. The van der Waals surface area contributed by atoms with Gasteiger partial charge in [0.05, 0.1) is 5.25 Å². The SMILES string of the molecule is Nc1ccc(SC2CCCCNC2=O)cn1. The van der Waals surface area contributed by atoms with E-state index in [1.807, 2.05) is 6.07 Å². The molecule has 3 N–H and O–H groups in total. The maximum absolute atomic E-state index is 11.7. The van der Waals surface area contributed by atoms with Crippen LogP contribution in [0.4, 0.5) is 5.82 Å². The number of hydrogen-bond donors (Lipinski definition) is 2. The quantitative estimate of drug-likeness (QED) is 0.816. The lowest BCUT2D eigenvalue weighted by Crippen LogP contribution is -2.30. The second kappa shape index (κ2) is 5.21. The van der Waals surface area contributed by atoms with Crippen molar-refractivity contribution < 1.29 is 4.79 Å². The molecule has 1 aromatic rings. The van der Waals surface area contributed by atoms with Crippen LogP contribution in [0.5, 0.6) is 0 Å². The van der Waals surface area contributed by atoms with Gasteiger partial charge >= 0.3 is 0 Å². The zero-order valence-corrected chi connectivity index (χ0v) is 9.80. The molecule has 1 unspecified atom stereocenters. The molecule has 1 atom stereocenters. The van der Waals surface area contributed by atoms with Crippen LogP contribution in [-0.2, 0) is 4.79 Å². The molecule has 0 aliphatic carbocycles. The minimum atomic E-state index is 0.00734. The fraction of sp³-hybridized carbons (Fsp3) is 0.455. The Hall–Kier alpha value is -1.23. The summed E-state index contributed by atoms with van der Waals surface area (Å²) in [5.41, 5.74) is 5.51. The number of carbonyl (C=O) groups excluding carboxylic acids is 1. The van der Waals surface area contributed by atoms with Crippen LogP contribution in [0.2, 0.25) is 0 Å². The zero-order chi connectivity index (χ0) is 11.4. The molecule has 1 aromatic heterocycles. The lowest BCUT2D eigenvalue weighted by atomic mass is 10.2. The van der Waals surface area contributed by atoms with E-state index in [4.69, 9.17) is 5.73 Å². The summed E-state index contributed by atoms with van der Waals surface area (Å²) in [4.78, 5) is 16.7. The molecule has 1 amide bonds. The molecule has 1 aliphatic heterocycles. The molecule has 2 rings (SSSR count). The van der Waals surface area contributed by atoms with Gasteiger partial charge in [0.25, 0.3) is 0 Å². The predicted octanol–water partition coefficient (Wildman–Crippen LogP) is 1.42. The topological polar surface area (TPSA) is 68.0 Å². The minimum absolute atomic E-state index is 0.00734. The summed E-state index contributed by atoms with van der Waals surface area (Å²) in [5.74, 6) is 0.647. The third kappa shape index (κ3) is 2.88. The number of nitrogens with one attached hydrogen (secondary N) is 1. The van der Waals surface area contributed by atoms with Crippen molar-refractivity contribution in [3.63, 3.8) is 0 Å². The number of nitrogens with zero attached hydrogens (tertiary/aromatic N) is 1. The Morgan fingerprint density at radius 3 is 3.06 bits per heavy atom. The number of amides is 1. The van der Waals surface area contributed by atoms with E-state index in [0.29, 0.717) is 5.82 Å². The van der Waals surface area contributed by atoms with E-state index in [1.165, 1.54) is 0 Å². The Balaban J connectivity index is 2.02. The fourth-order valence-corrected chi connectivity index (χ4v) is 2.71. The second-order valence-corrected chi connectivity index (χ2v) is 5.09. The van der Waals surface area contributed by atoms with Gasteiger partial charge in [0.15, 0.2) is 0 Å². The van der Waals surface area contributed by atoms with E-state index in [-0.39, 0.29) is 11.2 Å². The molecule has 0 bridgehead atoms. The number of pyridine rings is 1. The van der Waals surface area contributed by atoms with Gasteiger partial charge in [-0.1, -0.05) is 6.42 Å². The van der Waals surface area contributed by atoms with Gasteiger partial charge in [-0.3, -0.25) is 4.79 Å². The summed E-state index contributed by atoms with van der Waals surface area (Å²) >= 11 is 1.56. The average Bonchev–Trinajstić information content (AvgIpc) is 2.48. The summed E-state index contributed by atoms with van der Waals surface area (Å²) in [7, 11) is 0. The molecule has 16 heavy (non-hydrogen) atoms. The van der Waals surface area contributed by atoms with Crippen molar-refractivity contribution in [2.75, 3.05) is 12.3 Å². The Kier molecular flexibility index (Phi) is 3.66. The lowest BCUT2D eigenvalue weighted by molar-refractivity contribution is -0.120. The number of rotatable bonds is 2. The van der Waals surface area contributed by atoms with E-state index in [9.17, 15) is 4.79 Å². The largest absolute Gasteiger partial charge is 0.384 e. The Morgan fingerprint density at radius 1 is 1.44 bits per heavy atom. The van der Waals surface area contributed by atoms with Gasteiger partial charge in [-0.15, -0.1) is 11.8 Å². The molecule has 0 saturated carbocycles. The van der Waals surface area contributed by atoms with Gasteiger partial charge in [0.1, 0.15) is 5.82 Å². The summed E-state index contributed by atoms with van der Waals surface area (Å²) < 4.78 is 0. The summed E-state index contributed by atoms with van der Waals surface area (Å²) in [6.07, 6.45) is 4.82. The van der Waals surface area contributed by atoms with Crippen molar-refractivity contribution in [3.8, 4) is 0 Å². The highest BCUT2D eigenvalue weighted by Gasteiger charge is 2.21. The highest BCUT2D eigenvalue weighted by Crippen LogP contribution is 2.27. The van der Waals surface area contributed by atoms with Crippen LogP contribution < -0.4 is 11.1 Å². The normalized spacial score (nSPS) is 21.2. The summed E-state index contributed by atoms with van der Waals surface area (Å²) in [6, 6.07) is 3.67. The third-order valence-electron chi connectivity index (χ3n) is 2.52. The van der Waals surface area contributed by atoms with Crippen LogP contribution in [0.25, 0.3) is 0 Å². The van der Waals surface area contributed by atoms with Crippen LogP contribution in [0.3, 0.4) is 0 Å². The molecule has 5 heteroatoms. The molecular formula is C11H15N3OS. The number of thioether (sulfide) groups is 1. The lowest BCUT2D eigenvalue weighted by Gasteiger charge is -2.12. The molecule has 0 radical (unpaired) electrons. The Bertz CT molecular complexity index is 366. The third-order valence-corrected chi connectivity index (χ3v) is 3.77. The van der Waals surface area contributed by atoms with Crippen molar-refractivity contribution in [1.29, 1.82) is 0 Å². The van der Waals surface area contributed by atoms with Crippen molar-refractivity contribution in [1.82, 2.24) is 10.3 Å². The molecule has 1 fully saturated rings. The number of hydrogen-bond acceptors (Lipinski definition) is 4. The highest BCUT2D eigenvalue weighted by molar-refractivity contribution is 8.00. The van der Waals surface area contributed by atoms with E-state index >= 15 is 0 Å². The number of anilines is 1. The van der Waals surface area contributed by atoms with Crippen molar-refractivity contribution >= 4 is 23.5 Å². The molecule has 4 nitrogen and oxygen atoms in total. The Labute approximate surface area is 99.0 Å². The molecule has 2 heterocycles. The second-order valence-electron chi connectivity index (χ2n) is 3.81.